The number of benzene rings is 1. The predicted octanol–water partition coefficient (Wildman–Crippen LogP) is 2.60. The van der Waals surface area contributed by atoms with Crippen LogP contribution in [0.2, 0.25) is 0 Å². The van der Waals surface area contributed by atoms with Crippen LogP contribution >= 0.6 is 0 Å². The van der Waals surface area contributed by atoms with Crippen LogP contribution in [0.3, 0.4) is 0 Å². The molecule has 0 aliphatic carbocycles. The van der Waals surface area contributed by atoms with Gasteiger partial charge in [0, 0.05) is 18.7 Å². The lowest BCUT2D eigenvalue weighted by Gasteiger charge is -2.21. The summed E-state index contributed by atoms with van der Waals surface area (Å²) in [4.78, 5) is 25.6. The molecule has 1 aliphatic heterocycles. The maximum absolute atomic E-state index is 12.8. The Labute approximate surface area is 149 Å². The molecule has 1 heterocycles. The Morgan fingerprint density at radius 3 is 2.72 bits per heavy atom. The van der Waals surface area contributed by atoms with Crippen molar-refractivity contribution in [1.82, 2.24) is 4.90 Å². The molecule has 1 atom stereocenters. The van der Waals surface area contributed by atoms with Crippen molar-refractivity contribution in [2.75, 3.05) is 26.8 Å². The van der Waals surface area contributed by atoms with Crippen LogP contribution < -0.4 is 15.2 Å². The Morgan fingerprint density at radius 1 is 1.24 bits per heavy atom. The Hall–Kier alpha value is -2.24. The van der Waals surface area contributed by atoms with Gasteiger partial charge in [-0.3, -0.25) is 9.59 Å². The third-order valence-corrected chi connectivity index (χ3v) is 4.61. The zero-order valence-corrected chi connectivity index (χ0v) is 15.1. The van der Waals surface area contributed by atoms with Crippen LogP contribution in [0.5, 0.6) is 11.5 Å². The van der Waals surface area contributed by atoms with Gasteiger partial charge in [0.25, 0.3) is 11.8 Å². The summed E-state index contributed by atoms with van der Waals surface area (Å²) in [5.41, 5.74) is 5.66. The van der Waals surface area contributed by atoms with Gasteiger partial charge in [0.2, 0.25) is 0 Å². The molecule has 1 aromatic carbocycles. The highest BCUT2D eigenvalue weighted by Gasteiger charge is 2.22. The van der Waals surface area contributed by atoms with Crippen molar-refractivity contribution >= 4 is 11.8 Å². The number of likely N-dealkylation sites (tertiary alicyclic amines) is 1. The zero-order valence-electron chi connectivity index (χ0n) is 15.1. The van der Waals surface area contributed by atoms with Crippen molar-refractivity contribution in [2.24, 2.45) is 11.7 Å². The number of nitrogens with zero attached hydrogens (tertiary/aromatic N) is 1. The molecule has 0 radical (unpaired) electrons. The quantitative estimate of drug-likeness (QED) is 0.821. The molecular formula is C19H28N2O4. The van der Waals surface area contributed by atoms with E-state index in [1.165, 1.54) is 26.4 Å². The fourth-order valence-corrected chi connectivity index (χ4v) is 3.32. The standard InChI is InChI=1S/C19H28N2O4/c1-3-5-14-6-4-10-21(11-9-14)19(23)15-7-8-16(17(12-15)24-2)25-13-18(20)22/h7-8,12,14H,3-6,9-11,13H2,1-2H3,(H2,20,22)/t14-/m0/s1. The normalized spacial score (nSPS) is 17.7. The van der Waals surface area contributed by atoms with Gasteiger partial charge < -0.3 is 20.1 Å². The van der Waals surface area contributed by atoms with Gasteiger partial charge in [-0.25, -0.2) is 0 Å². The first-order chi connectivity index (χ1) is 12.0. The summed E-state index contributed by atoms with van der Waals surface area (Å²) in [6.07, 6.45) is 5.75. The minimum Gasteiger partial charge on any atom is -0.493 e. The van der Waals surface area contributed by atoms with Crippen LogP contribution in [0.1, 0.15) is 49.4 Å². The van der Waals surface area contributed by atoms with E-state index in [4.69, 9.17) is 15.2 Å². The highest BCUT2D eigenvalue weighted by atomic mass is 16.5. The fraction of sp³-hybridized carbons (Fsp3) is 0.579. The van der Waals surface area contributed by atoms with E-state index in [1.807, 2.05) is 4.90 Å². The first kappa shape index (κ1) is 19.1. The molecule has 1 saturated heterocycles. The molecule has 0 saturated carbocycles. The van der Waals surface area contributed by atoms with Gasteiger partial charge in [-0.2, -0.15) is 0 Å². The van der Waals surface area contributed by atoms with Crippen LogP contribution in [0.15, 0.2) is 18.2 Å². The van der Waals surface area contributed by atoms with Crippen LogP contribution in [0.25, 0.3) is 0 Å². The first-order valence-electron chi connectivity index (χ1n) is 8.93. The molecule has 2 rings (SSSR count). The lowest BCUT2D eigenvalue weighted by atomic mass is 9.96. The van der Waals surface area contributed by atoms with Gasteiger partial charge in [-0.05, 0) is 43.4 Å². The smallest absolute Gasteiger partial charge is 0.255 e. The van der Waals surface area contributed by atoms with E-state index in [9.17, 15) is 9.59 Å². The van der Waals surface area contributed by atoms with Gasteiger partial charge in [0.05, 0.1) is 7.11 Å². The van der Waals surface area contributed by atoms with Gasteiger partial charge in [0.1, 0.15) is 0 Å². The number of primary amides is 1. The van der Waals surface area contributed by atoms with Gasteiger partial charge in [-0.15, -0.1) is 0 Å². The molecule has 2 amide bonds. The average Bonchev–Trinajstić information content (AvgIpc) is 2.85. The minimum absolute atomic E-state index is 0.0110. The van der Waals surface area contributed by atoms with Gasteiger partial charge in [0.15, 0.2) is 18.1 Å². The van der Waals surface area contributed by atoms with E-state index in [0.717, 1.165) is 31.8 Å². The van der Waals surface area contributed by atoms with Crippen molar-refractivity contribution in [3.63, 3.8) is 0 Å². The van der Waals surface area contributed by atoms with Crippen molar-refractivity contribution in [2.45, 2.75) is 39.0 Å². The molecule has 1 aromatic rings. The van der Waals surface area contributed by atoms with E-state index >= 15 is 0 Å². The van der Waals surface area contributed by atoms with E-state index < -0.39 is 5.91 Å². The molecule has 0 spiro atoms. The highest BCUT2D eigenvalue weighted by molar-refractivity contribution is 5.95. The molecule has 6 heteroatoms. The van der Waals surface area contributed by atoms with E-state index in [2.05, 4.69) is 6.92 Å². The van der Waals surface area contributed by atoms with Crippen LogP contribution in [-0.2, 0) is 4.79 Å². The first-order valence-corrected chi connectivity index (χ1v) is 8.93. The van der Waals surface area contributed by atoms with Crippen molar-refractivity contribution in [3.8, 4) is 11.5 Å². The lowest BCUT2D eigenvalue weighted by Crippen LogP contribution is -2.32. The number of ether oxygens (including phenoxy) is 2. The topological polar surface area (TPSA) is 81.9 Å². The summed E-state index contributed by atoms with van der Waals surface area (Å²) in [7, 11) is 1.50. The Kier molecular flexibility index (Phi) is 7.10. The van der Waals surface area contributed by atoms with E-state index in [0.29, 0.717) is 17.1 Å². The molecule has 0 aromatic heterocycles. The monoisotopic (exact) mass is 348 g/mol. The molecular weight excluding hydrogens is 320 g/mol. The van der Waals surface area contributed by atoms with Crippen molar-refractivity contribution in [1.29, 1.82) is 0 Å². The summed E-state index contributed by atoms with van der Waals surface area (Å²) in [6.45, 7) is 3.57. The summed E-state index contributed by atoms with van der Waals surface area (Å²) in [5, 5.41) is 0. The number of carbonyl (C=O) groups is 2. The van der Waals surface area contributed by atoms with Gasteiger partial charge in [-0.1, -0.05) is 19.8 Å². The summed E-state index contributed by atoms with van der Waals surface area (Å²) >= 11 is 0. The predicted molar refractivity (Wildman–Crippen MR) is 95.8 cm³/mol. The van der Waals surface area contributed by atoms with E-state index in [-0.39, 0.29) is 12.5 Å². The maximum Gasteiger partial charge on any atom is 0.255 e. The number of hydrogen-bond donors (Lipinski definition) is 1. The summed E-state index contributed by atoms with van der Waals surface area (Å²) in [6, 6.07) is 5.01. The van der Waals surface area contributed by atoms with Crippen molar-refractivity contribution < 1.29 is 19.1 Å². The maximum atomic E-state index is 12.8. The molecule has 1 aliphatic rings. The summed E-state index contributed by atoms with van der Waals surface area (Å²) < 4.78 is 10.6. The minimum atomic E-state index is -0.562. The lowest BCUT2D eigenvalue weighted by molar-refractivity contribution is -0.119. The molecule has 1 fully saturated rings. The zero-order chi connectivity index (χ0) is 18.2. The fourth-order valence-electron chi connectivity index (χ4n) is 3.32. The van der Waals surface area contributed by atoms with Crippen LogP contribution in [-0.4, -0.2) is 43.5 Å². The van der Waals surface area contributed by atoms with E-state index in [1.54, 1.807) is 18.2 Å². The third kappa shape index (κ3) is 5.37. The second-order valence-corrected chi connectivity index (χ2v) is 6.50. The summed E-state index contributed by atoms with van der Waals surface area (Å²) in [5.74, 6) is 0.995. The molecule has 138 valence electrons. The highest BCUT2D eigenvalue weighted by Crippen LogP contribution is 2.29. The third-order valence-electron chi connectivity index (χ3n) is 4.61. The number of hydrogen-bond acceptors (Lipinski definition) is 4. The molecule has 0 bridgehead atoms. The van der Waals surface area contributed by atoms with Gasteiger partial charge >= 0.3 is 0 Å². The SMILES string of the molecule is CCC[C@H]1CCCN(C(=O)c2ccc(OCC(N)=O)c(OC)c2)CC1. The largest absolute Gasteiger partial charge is 0.493 e. The van der Waals surface area contributed by atoms with Crippen molar-refractivity contribution in [3.05, 3.63) is 23.8 Å². The molecule has 2 N–H and O–H groups in total. The Bertz CT molecular complexity index is 603. The number of amides is 2. The Morgan fingerprint density at radius 2 is 2.04 bits per heavy atom. The van der Waals surface area contributed by atoms with Crippen LogP contribution in [0.4, 0.5) is 0 Å². The second kappa shape index (κ2) is 9.30. The molecule has 0 unspecified atom stereocenters. The number of carbonyl (C=O) groups excluding carboxylic acids is 2. The second-order valence-electron chi connectivity index (χ2n) is 6.50. The molecule has 25 heavy (non-hydrogen) atoms. The molecule has 6 nitrogen and oxygen atoms in total. The number of rotatable bonds is 7. The van der Waals surface area contributed by atoms with Crippen LogP contribution in [0, 0.1) is 5.92 Å². The number of methoxy groups -OCH3 is 1. The Balaban J connectivity index is 2.07. The average molecular weight is 348 g/mol. The number of nitrogens with two attached hydrogens (primary N) is 1.